The van der Waals surface area contributed by atoms with Crippen LogP contribution in [-0.2, 0) is 6.54 Å². The molecule has 0 unspecified atom stereocenters. The van der Waals surface area contributed by atoms with Gasteiger partial charge in [-0.1, -0.05) is 12.1 Å². The minimum Gasteiger partial charge on any atom is -0.493 e. The third-order valence-electron chi connectivity index (χ3n) is 6.51. The van der Waals surface area contributed by atoms with Gasteiger partial charge in [-0.2, -0.15) is 19.6 Å². The fraction of sp³-hybridized carbons (Fsp3) is 0.375. The minimum absolute atomic E-state index is 0.241. The number of imidazole rings is 1. The number of aromatic hydroxyl groups is 1. The molecule has 12 nitrogen and oxygen atoms in total. The standard InChI is InChI=1S/C24H28N10O2/c1-32-8-10-33(11-9-32)18-6-2-15(3-7-18)13-25-22-29-20-16(12-19-21(35)30-24(36)28-19)14-26-34(20)23(31-22)27-17-4-5-17/h2-3,6-7,12,14,17,35H,4-5,8-11,13H2,1H3,(H,25,27,31)(H2,28,30,36). The average molecular weight is 489 g/mol. The highest BCUT2D eigenvalue weighted by Gasteiger charge is 2.21. The van der Waals surface area contributed by atoms with Crippen LogP contribution in [0.2, 0.25) is 0 Å². The topological polar surface area (TPSA) is 143 Å². The molecular formula is C24H28N10O2. The number of hydrogen-bond acceptors (Lipinski definition) is 9. The summed E-state index contributed by atoms with van der Waals surface area (Å²) < 4.78 is 1.59. The highest BCUT2D eigenvalue weighted by atomic mass is 16.3. The van der Waals surface area contributed by atoms with Crippen LogP contribution in [0.15, 0.2) is 40.2 Å². The fourth-order valence-electron chi connectivity index (χ4n) is 4.23. The monoisotopic (exact) mass is 488 g/mol. The van der Waals surface area contributed by atoms with E-state index in [0.29, 0.717) is 29.0 Å². The summed E-state index contributed by atoms with van der Waals surface area (Å²) in [5.41, 5.74) is 3.12. The predicted molar refractivity (Wildman–Crippen MR) is 135 cm³/mol. The molecule has 4 N–H and O–H groups in total. The molecule has 1 aromatic carbocycles. The van der Waals surface area contributed by atoms with Crippen molar-refractivity contribution in [3.05, 3.63) is 63.0 Å². The first-order valence-electron chi connectivity index (χ1n) is 12.1. The molecular weight excluding hydrogens is 460 g/mol. The van der Waals surface area contributed by atoms with Crippen LogP contribution in [0.4, 0.5) is 11.6 Å². The molecule has 3 aromatic heterocycles. The highest BCUT2D eigenvalue weighted by molar-refractivity contribution is 5.57. The molecule has 0 amide bonds. The summed E-state index contributed by atoms with van der Waals surface area (Å²) in [6.45, 7) is 4.78. The number of hydrogen-bond donors (Lipinski definition) is 4. The summed E-state index contributed by atoms with van der Waals surface area (Å²) in [4.78, 5) is 35.1. The van der Waals surface area contributed by atoms with Crippen LogP contribution >= 0.6 is 0 Å². The van der Waals surface area contributed by atoms with E-state index >= 15 is 0 Å². The average Bonchev–Trinajstić information content (AvgIpc) is 3.51. The summed E-state index contributed by atoms with van der Waals surface area (Å²) in [5.74, 6) is 0.196. The Kier molecular flexibility index (Phi) is 5.64. The molecule has 2 aliphatic rings. The van der Waals surface area contributed by atoms with Crippen LogP contribution < -0.4 is 26.7 Å². The summed E-state index contributed by atoms with van der Waals surface area (Å²) in [7, 11) is 2.16. The van der Waals surface area contributed by atoms with Crippen molar-refractivity contribution in [3.63, 3.8) is 0 Å². The molecule has 0 radical (unpaired) electrons. The van der Waals surface area contributed by atoms with Gasteiger partial charge in [0.2, 0.25) is 11.8 Å². The zero-order chi connectivity index (χ0) is 24.6. The number of rotatable bonds is 6. The van der Waals surface area contributed by atoms with Crippen molar-refractivity contribution in [1.82, 2.24) is 34.4 Å². The molecule has 0 bridgehead atoms. The third kappa shape index (κ3) is 4.67. The van der Waals surface area contributed by atoms with Gasteiger partial charge in [0.25, 0.3) is 5.62 Å². The number of H-pyrrole nitrogens is 2. The molecule has 1 aliphatic heterocycles. The summed E-state index contributed by atoms with van der Waals surface area (Å²) in [5, 5.41) is 18.3. The number of anilines is 2. The van der Waals surface area contributed by atoms with Gasteiger partial charge in [-0.25, -0.2) is 9.79 Å². The fourth-order valence-corrected chi connectivity index (χ4v) is 4.23. The Bertz CT molecular complexity index is 1560. The van der Waals surface area contributed by atoms with Gasteiger partial charge in [-0.3, -0.25) is 4.98 Å². The molecule has 12 heteroatoms. The van der Waals surface area contributed by atoms with Crippen molar-refractivity contribution < 1.29 is 5.11 Å². The first-order valence-corrected chi connectivity index (χ1v) is 12.1. The largest absolute Gasteiger partial charge is 0.493 e. The molecule has 6 rings (SSSR count). The second kappa shape index (κ2) is 9.11. The Hall–Kier alpha value is -4.19. The van der Waals surface area contributed by atoms with Gasteiger partial charge in [0, 0.05) is 43.6 Å². The lowest BCUT2D eigenvalue weighted by Gasteiger charge is -2.34. The quantitative estimate of drug-likeness (QED) is 0.293. The molecule has 0 atom stereocenters. The Morgan fingerprint density at radius 1 is 1.14 bits per heavy atom. The van der Waals surface area contributed by atoms with Gasteiger partial charge in [-0.05, 0) is 43.7 Å². The van der Waals surface area contributed by atoms with Gasteiger partial charge in [0.05, 0.1) is 12.2 Å². The van der Waals surface area contributed by atoms with E-state index in [1.54, 1.807) is 16.8 Å². The van der Waals surface area contributed by atoms with Gasteiger partial charge < -0.3 is 25.2 Å². The van der Waals surface area contributed by atoms with Crippen LogP contribution in [0.5, 0.6) is 5.88 Å². The number of aromatic amines is 2. The van der Waals surface area contributed by atoms with Crippen LogP contribution in [-0.4, -0.2) is 78.8 Å². The van der Waals surface area contributed by atoms with E-state index in [0.717, 1.165) is 44.6 Å². The summed E-state index contributed by atoms with van der Waals surface area (Å²) in [6.07, 6.45) is 5.30. The molecule has 4 aromatic rings. The Morgan fingerprint density at radius 2 is 1.92 bits per heavy atom. The van der Waals surface area contributed by atoms with Crippen molar-refractivity contribution in [3.8, 4) is 5.88 Å². The van der Waals surface area contributed by atoms with E-state index in [4.69, 9.17) is 4.99 Å². The van der Waals surface area contributed by atoms with Gasteiger partial charge in [0.15, 0.2) is 5.65 Å². The van der Waals surface area contributed by atoms with E-state index in [1.165, 1.54) is 5.69 Å². The van der Waals surface area contributed by atoms with Crippen molar-refractivity contribution in [2.75, 3.05) is 43.4 Å². The first-order chi connectivity index (χ1) is 17.5. The van der Waals surface area contributed by atoms with E-state index in [2.05, 4.69) is 71.5 Å². The van der Waals surface area contributed by atoms with Gasteiger partial charge in [0.1, 0.15) is 5.69 Å². The second-order valence-electron chi connectivity index (χ2n) is 9.34. The van der Waals surface area contributed by atoms with Gasteiger partial charge >= 0.3 is 5.69 Å². The van der Waals surface area contributed by atoms with Crippen LogP contribution in [0.1, 0.15) is 24.1 Å². The minimum atomic E-state index is -0.490. The maximum Gasteiger partial charge on any atom is 0.326 e. The van der Waals surface area contributed by atoms with E-state index in [-0.39, 0.29) is 17.6 Å². The van der Waals surface area contributed by atoms with E-state index in [9.17, 15) is 9.90 Å². The van der Waals surface area contributed by atoms with Gasteiger partial charge in [-0.15, -0.1) is 0 Å². The number of likely N-dealkylation sites (N-methyl/N-ethyl adjacent to an activating group) is 1. The molecule has 1 saturated heterocycles. The maximum absolute atomic E-state index is 11.5. The zero-order valence-electron chi connectivity index (χ0n) is 20.0. The Morgan fingerprint density at radius 3 is 2.61 bits per heavy atom. The molecule has 0 spiro atoms. The lowest BCUT2D eigenvalue weighted by atomic mass is 10.2. The summed E-state index contributed by atoms with van der Waals surface area (Å²) >= 11 is 0. The van der Waals surface area contributed by atoms with Crippen molar-refractivity contribution in [2.24, 2.45) is 4.99 Å². The zero-order valence-corrected chi connectivity index (χ0v) is 20.0. The van der Waals surface area contributed by atoms with Crippen LogP contribution in [0.25, 0.3) is 11.7 Å². The Labute approximate surface area is 206 Å². The lowest BCUT2D eigenvalue weighted by Crippen LogP contribution is -2.44. The molecule has 186 valence electrons. The Balaban J connectivity index is 1.27. The smallest absolute Gasteiger partial charge is 0.326 e. The number of nitrogens with zero attached hydrogens (tertiary/aromatic N) is 7. The van der Waals surface area contributed by atoms with E-state index < -0.39 is 5.69 Å². The summed E-state index contributed by atoms with van der Waals surface area (Å²) in [6, 6.07) is 8.82. The number of aromatic nitrogens is 6. The van der Waals surface area contributed by atoms with Crippen molar-refractivity contribution in [1.29, 1.82) is 0 Å². The molecule has 1 saturated carbocycles. The van der Waals surface area contributed by atoms with Crippen LogP contribution in [0, 0.1) is 0 Å². The predicted octanol–water partition coefficient (Wildman–Crippen LogP) is -0.179. The highest BCUT2D eigenvalue weighted by Crippen LogP contribution is 2.22. The van der Waals surface area contributed by atoms with Crippen molar-refractivity contribution in [2.45, 2.75) is 25.4 Å². The molecule has 2 fully saturated rings. The lowest BCUT2D eigenvalue weighted by molar-refractivity contribution is 0.313. The van der Waals surface area contributed by atoms with E-state index in [1.807, 2.05) is 0 Å². The number of benzene rings is 1. The molecule has 36 heavy (non-hydrogen) atoms. The number of fused-ring (bicyclic) bond motifs is 1. The molecule has 1 aliphatic carbocycles. The number of piperazine rings is 1. The maximum atomic E-state index is 11.5. The first kappa shape index (κ1) is 22.3. The van der Waals surface area contributed by atoms with Crippen LogP contribution in [0.3, 0.4) is 0 Å². The van der Waals surface area contributed by atoms with Crippen molar-refractivity contribution >= 4 is 23.4 Å². The normalized spacial score (nSPS) is 17.9. The third-order valence-corrected chi connectivity index (χ3v) is 6.51. The molecule has 4 heterocycles. The number of nitrogens with one attached hydrogen (secondary N) is 3. The second-order valence-corrected chi connectivity index (χ2v) is 9.34. The SMILES string of the molecule is CN1CCN(c2ccc(CNc3nc(=NC4CC4)n4ncc(=Cc5[nH]c(=O)[nH]c5O)c4n3)cc2)CC1.